The van der Waals surface area contributed by atoms with Crippen LogP contribution < -0.4 is 16.4 Å². The highest BCUT2D eigenvalue weighted by atomic mass is 32.2. The average Bonchev–Trinajstić information content (AvgIpc) is 2.90. The van der Waals surface area contributed by atoms with E-state index in [1.807, 2.05) is 6.07 Å². The van der Waals surface area contributed by atoms with Crippen LogP contribution in [0.3, 0.4) is 0 Å². The summed E-state index contributed by atoms with van der Waals surface area (Å²) in [6, 6.07) is 1.43. The third-order valence-electron chi connectivity index (χ3n) is 3.86. The van der Waals surface area contributed by atoms with Crippen molar-refractivity contribution in [1.82, 2.24) is 4.98 Å². The van der Waals surface area contributed by atoms with Crippen molar-refractivity contribution in [2.75, 3.05) is 27.9 Å². The summed E-state index contributed by atoms with van der Waals surface area (Å²) in [5.74, 6) is -0.0521. The van der Waals surface area contributed by atoms with Crippen LogP contribution >= 0.6 is 0 Å². The van der Waals surface area contributed by atoms with Crippen LogP contribution in [0.1, 0.15) is 17.5 Å². The molecular formula is C12H13N5O3S. The lowest BCUT2D eigenvalue weighted by Gasteiger charge is -2.23. The molecule has 4 N–H and O–H groups in total. The Labute approximate surface area is 121 Å². The largest absolute Gasteiger partial charge is 0.397 e. The molecular weight excluding hydrogens is 294 g/mol. The second-order valence-electron chi connectivity index (χ2n) is 5.20. The van der Waals surface area contributed by atoms with Crippen molar-refractivity contribution >= 4 is 33.1 Å². The Morgan fingerprint density at radius 3 is 2.67 bits per heavy atom. The van der Waals surface area contributed by atoms with Crippen LogP contribution in [0.2, 0.25) is 0 Å². The third-order valence-corrected chi connectivity index (χ3v) is 5.61. The number of fused-ring (bicyclic) bond motifs is 1. The molecule has 21 heavy (non-hydrogen) atoms. The van der Waals surface area contributed by atoms with Gasteiger partial charge in [0.2, 0.25) is 5.91 Å². The number of anilines is 3. The van der Waals surface area contributed by atoms with E-state index in [0.717, 1.165) is 0 Å². The number of hydrogen-bond acceptors (Lipinski definition) is 7. The molecule has 0 radical (unpaired) electrons. The zero-order valence-electron chi connectivity index (χ0n) is 11.0. The second kappa shape index (κ2) is 4.33. The predicted molar refractivity (Wildman–Crippen MR) is 76.0 cm³/mol. The maximum atomic E-state index is 12.2. The van der Waals surface area contributed by atoms with Gasteiger partial charge in [0.15, 0.2) is 9.84 Å². The Morgan fingerprint density at radius 2 is 2.10 bits per heavy atom. The molecule has 110 valence electrons. The maximum absolute atomic E-state index is 12.2. The Bertz CT molecular complexity index is 796. The number of nitrogens with zero attached hydrogens (tertiary/aromatic N) is 3. The van der Waals surface area contributed by atoms with E-state index in [1.165, 1.54) is 4.90 Å². The summed E-state index contributed by atoms with van der Waals surface area (Å²) in [6.45, 7) is 0. The van der Waals surface area contributed by atoms with Crippen LogP contribution in [0.15, 0.2) is 0 Å². The summed E-state index contributed by atoms with van der Waals surface area (Å²) in [5.41, 5.74) is 12.2. The number of pyridine rings is 1. The number of nitriles is 1. The lowest BCUT2D eigenvalue weighted by atomic mass is 10.1. The summed E-state index contributed by atoms with van der Waals surface area (Å²) < 4.78 is 23.2. The van der Waals surface area contributed by atoms with Crippen LogP contribution in [-0.2, 0) is 21.1 Å². The molecule has 3 heterocycles. The van der Waals surface area contributed by atoms with Gasteiger partial charge in [-0.15, -0.1) is 0 Å². The molecule has 1 unspecified atom stereocenters. The van der Waals surface area contributed by atoms with Crippen molar-refractivity contribution in [3.8, 4) is 6.07 Å². The molecule has 0 aromatic carbocycles. The van der Waals surface area contributed by atoms with Crippen LogP contribution in [0.5, 0.6) is 0 Å². The van der Waals surface area contributed by atoms with E-state index in [9.17, 15) is 13.2 Å². The highest BCUT2D eigenvalue weighted by molar-refractivity contribution is 7.91. The topological polar surface area (TPSA) is 143 Å². The van der Waals surface area contributed by atoms with Crippen molar-refractivity contribution < 1.29 is 13.2 Å². The average molecular weight is 307 g/mol. The van der Waals surface area contributed by atoms with Crippen molar-refractivity contribution in [1.29, 1.82) is 5.26 Å². The number of carbonyl (C=O) groups excluding carboxylic acids is 1. The molecule has 1 aromatic heterocycles. The van der Waals surface area contributed by atoms with Crippen molar-refractivity contribution in [3.63, 3.8) is 0 Å². The number of carbonyl (C=O) groups is 1. The van der Waals surface area contributed by atoms with Crippen LogP contribution in [-0.4, -0.2) is 36.9 Å². The second-order valence-corrected chi connectivity index (χ2v) is 7.43. The van der Waals surface area contributed by atoms with Crippen LogP contribution in [0.25, 0.3) is 0 Å². The highest BCUT2D eigenvalue weighted by Gasteiger charge is 2.41. The Kier molecular flexibility index (Phi) is 2.81. The molecule has 1 aromatic rings. The van der Waals surface area contributed by atoms with Gasteiger partial charge in [0, 0.05) is 5.56 Å². The molecule has 1 saturated heterocycles. The van der Waals surface area contributed by atoms with E-state index in [2.05, 4.69) is 4.98 Å². The molecule has 1 atom stereocenters. The van der Waals surface area contributed by atoms with Gasteiger partial charge in [0.05, 0.1) is 29.7 Å². The van der Waals surface area contributed by atoms with Gasteiger partial charge in [-0.05, 0) is 6.42 Å². The number of hydrogen-bond donors (Lipinski definition) is 2. The molecule has 3 rings (SSSR count). The van der Waals surface area contributed by atoms with Crippen LogP contribution in [0.4, 0.5) is 17.3 Å². The van der Waals surface area contributed by atoms with E-state index >= 15 is 0 Å². The molecule has 2 aliphatic heterocycles. The molecule has 9 heteroatoms. The fourth-order valence-electron chi connectivity index (χ4n) is 2.85. The Hall–Kier alpha value is -2.34. The standard InChI is InChI=1S/C12H13N5O3S/c13-4-8-10(14)7-3-9(18)17(12(7)16-11(8)15)6-1-2-21(19,20)5-6/h6H,1-3,5H2,(H4,14,15,16). The predicted octanol–water partition coefficient (Wildman–Crippen LogP) is -0.806. The maximum Gasteiger partial charge on any atom is 0.233 e. The molecule has 2 aliphatic rings. The molecule has 8 nitrogen and oxygen atoms in total. The van der Waals surface area contributed by atoms with Crippen LogP contribution in [0, 0.1) is 11.3 Å². The summed E-state index contributed by atoms with van der Waals surface area (Å²) in [6.07, 6.45) is 0.384. The van der Waals surface area contributed by atoms with Gasteiger partial charge in [-0.1, -0.05) is 0 Å². The number of amides is 1. The molecule has 1 amide bonds. The minimum absolute atomic E-state index is 0.0136. The van der Waals surface area contributed by atoms with E-state index in [1.54, 1.807) is 0 Å². The molecule has 0 saturated carbocycles. The first-order valence-corrected chi connectivity index (χ1v) is 8.16. The highest BCUT2D eigenvalue weighted by Crippen LogP contribution is 2.38. The lowest BCUT2D eigenvalue weighted by molar-refractivity contribution is -0.117. The molecule has 0 spiro atoms. The van der Waals surface area contributed by atoms with E-state index < -0.39 is 15.9 Å². The molecule has 1 fully saturated rings. The fourth-order valence-corrected chi connectivity index (χ4v) is 4.55. The number of nitrogens with two attached hydrogens (primary N) is 2. The smallest absolute Gasteiger partial charge is 0.233 e. The Morgan fingerprint density at radius 1 is 1.38 bits per heavy atom. The lowest BCUT2D eigenvalue weighted by Crippen LogP contribution is -2.39. The minimum atomic E-state index is -3.13. The van der Waals surface area contributed by atoms with Gasteiger partial charge in [0.1, 0.15) is 23.3 Å². The number of nitrogen functional groups attached to an aromatic ring is 2. The summed E-state index contributed by atoms with van der Waals surface area (Å²) in [5, 5.41) is 9.01. The van der Waals surface area contributed by atoms with Crippen molar-refractivity contribution in [3.05, 3.63) is 11.1 Å². The summed E-state index contributed by atoms with van der Waals surface area (Å²) in [4.78, 5) is 17.7. The number of rotatable bonds is 1. The van der Waals surface area contributed by atoms with E-state index in [-0.39, 0.29) is 46.7 Å². The zero-order chi connectivity index (χ0) is 15.4. The molecule has 0 bridgehead atoms. The molecule has 0 aliphatic carbocycles. The van der Waals surface area contributed by atoms with Gasteiger partial charge < -0.3 is 11.5 Å². The fraction of sp³-hybridized carbons (Fsp3) is 0.417. The van der Waals surface area contributed by atoms with Gasteiger partial charge in [-0.3, -0.25) is 9.69 Å². The van der Waals surface area contributed by atoms with E-state index in [4.69, 9.17) is 16.7 Å². The van der Waals surface area contributed by atoms with Crippen molar-refractivity contribution in [2.24, 2.45) is 0 Å². The number of aromatic nitrogens is 1. The SMILES string of the molecule is N#Cc1c(N)nc2c(c1N)CC(=O)N2C1CCS(=O)(=O)C1. The van der Waals surface area contributed by atoms with Gasteiger partial charge in [-0.2, -0.15) is 5.26 Å². The first-order chi connectivity index (χ1) is 9.84. The summed E-state index contributed by atoms with van der Waals surface area (Å²) >= 11 is 0. The first kappa shape index (κ1) is 13.6. The van der Waals surface area contributed by atoms with E-state index in [0.29, 0.717) is 12.0 Å². The van der Waals surface area contributed by atoms with Gasteiger partial charge in [0.25, 0.3) is 0 Å². The first-order valence-electron chi connectivity index (χ1n) is 6.34. The zero-order valence-corrected chi connectivity index (χ0v) is 11.9. The monoisotopic (exact) mass is 307 g/mol. The third kappa shape index (κ3) is 1.99. The van der Waals surface area contributed by atoms with Crippen molar-refractivity contribution in [2.45, 2.75) is 18.9 Å². The Balaban J connectivity index is 2.09. The summed E-state index contributed by atoms with van der Waals surface area (Å²) in [7, 11) is -3.13. The number of sulfone groups is 1. The quantitative estimate of drug-likeness (QED) is 0.690. The minimum Gasteiger partial charge on any atom is -0.397 e. The normalized spacial score (nSPS) is 23.1. The van der Waals surface area contributed by atoms with Gasteiger partial charge >= 0.3 is 0 Å². The van der Waals surface area contributed by atoms with Gasteiger partial charge in [-0.25, -0.2) is 13.4 Å².